The molecule has 248 valence electrons. The van der Waals surface area contributed by atoms with Gasteiger partial charge in [-0.25, -0.2) is 0 Å². The van der Waals surface area contributed by atoms with Gasteiger partial charge >= 0.3 is 17.9 Å². The van der Waals surface area contributed by atoms with Gasteiger partial charge in [-0.2, -0.15) is 0 Å². The number of fused-ring (bicyclic) bond motifs is 3. The van der Waals surface area contributed by atoms with Crippen molar-refractivity contribution in [2.24, 2.45) is 16.7 Å². The first-order valence-corrected chi connectivity index (χ1v) is 15.6. The molecular weight excluding hydrogens is 578 g/mol. The number of benzene rings is 1. The van der Waals surface area contributed by atoms with Crippen molar-refractivity contribution >= 4 is 17.9 Å². The highest BCUT2D eigenvalue weighted by Crippen LogP contribution is 2.61. The lowest BCUT2D eigenvalue weighted by Gasteiger charge is -2.62. The van der Waals surface area contributed by atoms with Crippen LogP contribution < -0.4 is 0 Å². The number of esters is 3. The van der Waals surface area contributed by atoms with Gasteiger partial charge in [0.15, 0.2) is 6.10 Å². The quantitative estimate of drug-likeness (QED) is 0.233. The van der Waals surface area contributed by atoms with Crippen LogP contribution in [0.3, 0.4) is 0 Å². The molecule has 1 aromatic carbocycles. The Hall–Kier alpha value is -3.05. The molecule has 0 heterocycles. The number of carbonyl (C=O) groups excluding carboxylic acids is 3. The third-order valence-corrected chi connectivity index (χ3v) is 10.7. The number of rotatable bonds is 7. The Labute approximate surface area is 266 Å². The van der Waals surface area contributed by atoms with Crippen LogP contribution in [0.2, 0.25) is 0 Å². The van der Waals surface area contributed by atoms with Crippen molar-refractivity contribution in [2.75, 3.05) is 14.1 Å². The molecule has 0 aliphatic heterocycles. The van der Waals surface area contributed by atoms with E-state index in [1.807, 2.05) is 49.3 Å². The van der Waals surface area contributed by atoms with E-state index in [4.69, 9.17) is 14.2 Å². The molecule has 0 spiro atoms. The highest BCUT2D eigenvalue weighted by atomic mass is 16.6. The third kappa shape index (κ3) is 6.10. The van der Waals surface area contributed by atoms with Gasteiger partial charge in [0.05, 0.1) is 12.5 Å². The molecule has 0 amide bonds. The Morgan fingerprint density at radius 3 is 2.13 bits per heavy atom. The maximum atomic E-state index is 13.4. The van der Waals surface area contributed by atoms with E-state index in [0.717, 1.165) is 5.56 Å². The van der Waals surface area contributed by atoms with Gasteiger partial charge in [-0.05, 0) is 56.1 Å². The smallest absolute Gasteiger partial charge is 0.308 e. The van der Waals surface area contributed by atoms with Crippen LogP contribution in [0.5, 0.6) is 0 Å². The third-order valence-electron chi connectivity index (χ3n) is 10.7. The maximum Gasteiger partial charge on any atom is 0.308 e. The van der Waals surface area contributed by atoms with E-state index >= 15 is 0 Å². The zero-order chi connectivity index (χ0) is 33.6. The van der Waals surface area contributed by atoms with E-state index in [1.54, 1.807) is 27.7 Å². The van der Waals surface area contributed by atoms with Gasteiger partial charge in [-0.15, -0.1) is 0 Å². The second-order valence-corrected chi connectivity index (χ2v) is 14.0. The van der Waals surface area contributed by atoms with Crippen LogP contribution in [0.1, 0.15) is 78.8 Å². The van der Waals surface area contributed by atoms with Crippen LogP contribution in [0.4, 0.5) is 0 Å². The molecule has 9 atom stereocenters. The van der Waals surface area contributed by atoms with Crippen LogP contribution in [0.15, 0.2) is 53.6 Å². The van der Waals surface area contributed by atoms with Gasteiger partial charge < -0.3 is 34.4 Å². The van der Waals surface area contributed by atoms with Crippen LogP contribution in [0, 0.1) is 16.7 Å². The van der Waals surface area contributed by atoms with Gasteiger partial charge in [-0.3, -0.25) is 14.4 Å². The molecule has 3 aliphatic carbocycles. The normalized spacial score (nSPS) is 35.1. The number of nitrogens with zero attached hydrogens (tertiary/aromatic N) is 1. The summed E-state index contributed by atoms with van der Waals surface area (Å²) in [7, 11) is 3.78. The van der Waals surface area contributed by atoms with Gasteiger partial charge in [0, 0.05) is 43.1 Å². The Morgan fingerprint density at radius 1 is 0.978 bits per heavy atom. The Balaban J connectivity index is 1.75. The molecule has 45 heavy (non-hydrogen) atoms. The van der Waals surface area contributed by atoms with Gasteiger partial charge in [0.25, 0.3) is 0 Å². The fraction of sp³-hybridized carbons (Fsp3) is 0.629. The van der Waals surface area contributed by atoms with E-state index in [2.05, 4.69) is 6.58 Å². The molecule has 4 rings (SSSR count). The second kappa shape index (κ2) is 12.6. The van der Waals surface area contributed by atoms with Crippen LogP contribution >= 0.6 is 0 Å². The van der Waals surface area contributed by atoms with Crippen LogP contribution in [-0.4, -0.2) is 88.3 Å². The molecule has 0 saturated heterocycles. The van der Waals surface area contributed by atoms with E-state index in [9.17, 15) is 29.7 Å². The summed E-state index contributed by atoms with van der Waals surface area (Å²) in [5, 5.41) is 36.9. The zero-order valence-electron chi connectivity index (χ0n) is 27.7. The molecule has 0 radical (unpaired) electrons. The molecule has 3 aliphatic rings. The van der Waals surface area contributed by atoms with Crippen molar-refractivity contribution in [2.45, 2.75) is 109 Å². The van der Waals surface area contributed by atoms with Crippen molar-refractivity contribution in [3.63, 3.8) is 0 Å². The number of aliphatic hydroxyl groups excluding tert-OH is 2. The Morgan fingerprint density at radius 2 is 1.58 bits per heavy atom. The van der Waals surface area contributed by atoms with E-state index < -0.39 is 70.8 Å². The molecule has 10 nitrogen and oxygen atoms in total. The van der Waals surface area contributed by atoms with Crippen LogP contribution in [-0.2, 0) is 28.6 Å². The number of hydrogen-bond acceptors (Lipinski definition) is 10. The van der Waals surface area contributed by atoms with Crippen molar-refractivity contribution in [3.8, 4) is 0 Å². The lowest BCUT2D eigenvalue weighted by Crippen LogP contribution is -2.70. The van der Waals surface area contributed by atoms with Crippen molar-refractivity contribution in [1.82, 2.24) is 4.90 Å². The van der Waals surface area contributed by atoms with Gasteiger partial charge in [-0.1, -0.05) is 57.7 Å². The topological polar surface area (TPSA) is 143 Å². The Kier molecular flexibility index (Phi) is 9.77. The summed E-state index contributed by atoms with van der Waals surface area (Å²) in [6.07, 6.45) is -5.26. The zero-order valence-corrected chi connectivity index (χ0v) is 27.7. The largest absolute Gasteiger partial charge is 0.458 e. The molecule has 10 heteroatoms. The minimum atomic E-state index is -1.91. The van der Waals surface area contributed by atoms with E-state index in [0.29, 0.717) is 23.1 Å². The summed E-state index contributed by atoms with van der Waals surface area (Å²) in [5.41, 5.74) is -2.02. The lowest BCUT2D eigenvalue weighted by molar-refractivity contribution is -0.230. The van der Waals surface area contributed by atoms with E-state index in [1.165, 1.54) is 13.8 Å². The fourth-order valence-corrected chi connectivity index (χ4v) is 8.15. The monoisotopic (exact) mass is 627 g/mol. The predicted molar refractivity (Wildman–Crippen MR) is 167 cm³/mol. The highest BCUT2D eigenvalue weighted by Gasteiger charge is 2.67. The lowest BCUT2D eigenvalue weighted by atomic mass is 9.47. The first-order valence-electron chi connectivity index (χ1n) is 15.6. The average Bonchev–Trinajstić information content (AvgIpc) is 2.94. The number of aliphatic hydroxyl groups is 3. The minimum absolute atomic E-state index is 0.0803. The highest BCUT2D eigenvalue weighted by molar-refractivity contribution is 5.71. The maximum absolute atomic E-state index is 13.4. The molecule has 0 unspecified atom stereocenters. The van der Waals surface area contributed by atoms with Crippen molar-refractivity contribution < 1.29 is 43.9 Å². The number of hydrogen-bond donors (Lipinski definition) is 3. The SMILES string of the molecule is C=C1[C@@H](OC(=O)C[C@H](c2ccccc2)N(C)C)CC[C@@]2(C)[C@@H](O)[C@H](OC(C)=O)C3=C(C)[C@H](OC(C)=O)C[C@@](O)([C@@H](O)[C@H]12)C3(C)C. The predicted octanol–water partition coefficient (Wildman–Crippen LogP) is 3.64. The first kappa shape index (κ1) is 34.8. The molecule has 3 N–H and O–H groups in total. The molecule has 2 fully saturated rings. The summed E-state index contributed by atoms with van der Waals surface area (Å²) in [6, 6.07) is 9.42. The van der Waals surface area contributed by atoms with Gasteiger partial charge in [0.1, 0.15) is 23.9 Å². The summed E-state index contributed by atoms with van der Waals surface area (Å²) in [6.45, 7) is 13.7. The first-order chi connectivity index (χ1) is 20.9. The molecule has 0 aromatic heterocycles. The van der Waals surface area contributed by atoms with Crippen molar-refractivity contribution in [1.29, 1.82) is 0 Å². The molecule has 2 saturated carbocycles. The average molecular weight is 628 g/mol. The van der Waals surface area contributed by atoms with E-state index in [-0.39, 0.29) is 25.3 Å². The standard InChI is InChI=1S/C35H49NO9/c1-19-25(45-27(39)17-24(36(8)9)23-13-11-10-12-14-23)15-16-34(7)29(19)31(40)35(42)18-26(43-21(3)37)20(2)28(33(35,5)6)30(32(34)41)44-22(4)38/h10-14,24-26,29-32,40-42H,1,15-18H2,2-9H3/t24-,25+,26-,29+,30-,31+,32+,34-,35-/m1/s1. The second-order valence-electron chi connectivity index (χ2n) is 14.0. The van der Waals surface area contributed by atoms with Crippen molar-refractivity contribution in [3.05, 3.63) is 59.2 Å². The number of carbonyl (C=O) groups is 3. The van der Waals surface area contributed by atoms with Gasteiger partial charge in [0.2, 0.25) is 0 Å². The Bertz CT molecular complexity index is 1350. The minimum Gasteiger partial charge on any atom is -0.458 e. The summed E-state index contributed by atoms with van der Waals surface area (Å²) >= 11 is 0. The van der Waals surface area contributed by atoms with Crippen LogP contribution in [0.25, 0.3) is 0 Å². The molecular formula is C35H49NO9. The summed E-state index contributed by atoms with van der Waals surface area (Å²) in [4.78, 5) is 39.9. The summed E-state index contributed by atoms with van der Waals surface area (Å²) in [5.74, 6) is -2.64. The number of ether oxygens (including phenoxy) is 3. The summed E-state index contributed by atoms with van der Waals surface area (Å²) < 4.78 is 17.4. The molecule has 1 aromatic rings. The molecule has 2 bridgehead atoms. The fourth-order valence-electron chi connectivity index (χ4n) is 8.15.